The van der Waals surface area contributed by atoms with Crippen molar-refractivity contribution in [1.29, 1.82) is 0 Å². The number of H-pyrrole nitrogens is 1. The van der Waals surface area contributed by atoms with Gasteiger partial charge in [0, 0.05) is 25.3 Å². The van der Waals surface area contributed by atoms with E-state index in [1.165, 1.54) is 6.07 Å². The minimum absolute atomic E-state index is 0.154. The van der Waals surface area contributed by atoms with E-state index in [1.807, 2.05) is 6.92 Å². The normalized spacial score (nSPS) is 12.7. The molecule has 0 saturated heterocycles. The first-order valence-electron chi connectivity index (χ1n) is 5.04. The summed E-state index contributed by atoms with van der Waals surface area (Å²) in [6.07, 6.45) is 1.22. The summed E-state index contributed by atoms with van der Waals surface area (Å²) in [5.74, 6) is 0.580. The van der Waals surface area contributed by atoms with E-state index in [2.05, 4.69) is 9.97 Å². The number of hydrogen-bond donors (Lipinski definition) is 2. The van der Waals surface area contributed by atoms with Gasteiger partial charge in [-0.15, -0.1) is 0 Å². The lowest BCUT2D eigenvalue weighted by Gasteiger charge is -2.12. The second kappa shape index (κ2) is 5.63. The average molecular weight is 211 g/mol. The molecule has 0 aliphatic carbocycles. The number of aromatic nitrogens is 2. The zero-order valence-electron chi connectivity index (χ0n) is 9.12. The highest BCUT2D eigenvalue weighted by molar-refractivity contribution is 5.05. The summed E-state index contributed by atoms with van der Waals surface area (Å²) in [7, 11) is 1.60. The third kappa shape index (κ3) is 3.14. The zero-order valence-corrected chi connectivity index (χ0v) is 9.12. The molecule has 5 nitrogen and oxygen atoms in total. The van der Waals surface area contributed by atoms with Crippen molar-refractivity contribution in [3.05, 3.63) is 27.9 Å². The predicted octanol–water partition coefficient (Wildman–Crippen LogP) is 0.369. The van der Waals surface area contributed by atoms with Crippen LogP contribution in [-0.2, 0) is 11.2 Å². The Labute approximate surface area is 88.7 Å². The first-order valence-corrected chi connectivity index (χ1v) is 5.04. The van der Waals surface area contributed by atoms with Crippen molar-refractivity contribution >= 4 is 0 Å². The van der Waals surface area contributed by atoms with Gasteiger partial charge in [0.25, 0.3) is 5.56 Å². The van der Waals surface area contributed by atoms with Crippen molar-refractivity contribution in [2.45, 2.75) is 25.9 Å². The molecule has 0 radical (unpaired) electrons. The minimum Gasteiger partial charge on any atom is -0.374 e. The predicted molar refractivity (Wildman–Crippen MR) is 57.7 cm³/mol. The molecule has 1 atom stereocenters. The lowest BCUT2D eigenvalue weighted by molar-refractivity contribution is 0.0921. The summed E-state index contributed by atoms with van der Waals surface area (Å²) in [5.41, 5.74) is 5.98. The molecule has 0 aromatic carbocycles. The molecule has 0 aliphatic rings. The van der Waals surface area contributed by atoms with Crippen LogP contribution in [0.4, 0.5) is 0 Å². The van der Waals surface area contributed by atoms with Crippen LogP contribution < -0.4 is 11.3 Å². The Morgan fingerprint density at radius 2 is 2.40 bits per heavy atom. The molecule has 3 N–H and O–H groups in total. The molecule has 0 spiro atoms. The molecule has 1 heterocycles. The Bertz CT molecular complexity index is 358. The topological polar surface area (TPSA) is 81.0 Å². The summed E-state index contributed by atoms with van der Waals surface area (Å²) in [4.78, 5) is 18.3. The highest BCUT2D eigenvalue weighted by Gasteiger charge is 2.11. The summed E-state index contributed by atoms with van der Waals surface area (Å²) in [6.45, 7) is 2.46. The SMILES string of the molecule is CCC(OC)c1nc(CCN)cc(=O)[nH]1. The average Bonchev–Trinajstić information content (AvgIpc) is 2.19. The van der Waals surface area contributed by atoms with E-state index < -0.39 is 0 Å². The third-order valence-electron chi connectivity index (χ3n) is 2.17. The first kappa shape index (κ1) is 11.9. The number of rotatable bonds is 5. The molecule has 5 heteroatoms. The van der Waals surface area contributed by atoms with Gasteiger partial charge in [0.2, 0.25) is 0 Å². The van der Waals surface area contributed by atoms with Gasteiger partial charge in [-0.05, 0) is 13.0 Å². The van der Waals surface area contributed by atoms with Gasteiger partial charge in [-0.1, -0.05) is 6.92 Å². The van der Waals surface area contributed by atoms with E-state index in [-0.39, 0.29) is 11.7 Å². The molecule has 84 valence electrons. The number of nitrogens with zero attached hydrogens (tertiary/aromatic N) is 1. The number of ether oxygens (including phenoxy) is 1. The number of aromatic amines is 1. The van der Waals surface area contributed by atoms with Crippen molar-refractivity contribution in [3.63, 3.8) is 0 Å². The van der Waals surface area contributed by atoms with Crippen LogP contribution in [0.5, 0.6) is 0 Å². The molecule has 1 aromatic heterocycles. The van der Waals surface area contributed by atoms with Gasteiger partial charge in [0.05, 0.1) is 0 Å². The van der Waals surface area contributed by atoms with Gasteiger partial charge >= 0.3 is 0 Å². The third-order valence-corrected chi connectivity index (χ3v) is 2.17. The standard InChI is InChI=1S/C10H17N3O2/c1-3-8(15-2)10-12-7(4-5-11)6-9(14)13-10/h6,8H,3-5,11H2,1-2H3,(H,12,13,14). The molecular formula is C10H17N3O2. The van der Waals surface area contributed by atoms with Gasteiger partial charge < -0.3 is 15.5 Å². The van der Waals surface area contributed by atoms with E-state index in [0.717, 1.165) is 6.42 Å². The van der Waals surface area contributed by atoms with Gasteiger partial charge in [-0.25, -0.2) is 4.98 Å². The van der Waals surface area contributed by atoms with Crippen LogP contribution in [0, 0.1) is 0 Å². The Balaban J connectivity index is 3.02. The number of nitrogens with two attached hydrogens (primary N) is 1. The maximum atomic E-state index is 11.3. The molecule has 15 heavy (non-hydrogen) atoms. The molecule has 0 amide bonds. The van der Waals surface area contributed by atoms with E-state index in [1.54, 1.807) is 7.11 Å². The summed E-state index contributed by atoms with van der Waals surface area (Å²) in [6, 6.07) is 1.47. The van der Waals surface area contributed by atoms with Crippen LogP contribution in [-0.4, -0.2) is 23.6 Å². The Morgan fingerprint density at radius 3 is 2.93 bits per heavy atom. The van der Waals surface area contributed by atoms with Gasteiger partial charge in [0.15, 0.2) is 0 Å². The number of nitrogens with one attached hydrogen (secondary N) is 1. The molecule has 0 saturated carbocycles. The summed E-state index contributed by atoms with van der Waals surface area (Å²) in [5, 5.41) is 0. The van der Waals surface area contributed by atoms with E-state index in [4.69, 9.17) is 10.5 Å². The van der Waals surface area contributed by atoms with Crippen molar-refractivity contribution in [2.24, 2.45) is 5.73 Å². The van der Waals surface area contributed by atoms with E-state index in [0.29, 0.717) is 24.5 Å². The monoisotopic (exact) mass is 211 g/mol. The molecule has 0 fully saturated rings. The van der Waals surface area contributed by atoms with Crippen LogP contribution in [0.25, 0.3) is 0 Å². The van der Waals surface area contributed by atoms with Gasteiger partial charge in [-0.2, -0.15) is 0 Å². The highest BCUT2D eigenvalue weighted by Crippen LogP contribution is 2.14. The molecule has 0 bridgehead atoms. The van der Waals surface area contributed by atoms with Crippen LogP contribution >= 0.6 is 0 Å². The molecule has 1 rings (SSSR count). The quantitative estimate of drug-likeness (QED) is 0.737. The van der Waals surface area contributed by atoms with Crippen LogP contribution in [0.3, 0.4) is 0 Å². The van der Waals surface area contributed by atoms with Crippen molar-refractivity contribution in [2.75, 3.05) is 13.7 Å². The largest absolute Gasteiger partial charge is 0.374 e. The molecule has 1 aromatic rings. The lowest BCUT2D eigenvalue weighted by Crippen LogP contribution is -2.18. The van der Waals surface area contributed by atoms with Crippen LogP contribution in [0.1, 0.15) is 31.0 Å². The Kier molecular flexibility index (Phi) is 4.45. The zero-order chi connectivity index (χ0) is 11.3. The Morgan fingerprint density at radius 1 is 1.67 bits per heavy atom. The van der Waals surface area contributed by atoms with Crippen molar-refractivity contribution in [3.8, 4) is 0 Å². The van der Waals surface area contributed by atoms with E-state index in [9.17, 15) is 4.79 Å². The molecule has 1 unspecified atom stereocenters. The smallest absolute Gasteiger partial charge is 0.251 e. The van der Waals surface area contributed by atoms with Gasteiger partial charge in [-0.3, -0.25) is 4.79 Å². The van der Waals surface area contributed by atoms with Crippen molar-refractivity contribution < 1.29 is 4.74 Å². The summed E-state index contributed by atoms with van der Waals surface area (Å²) >= 11 is 0. The van der Waals surface area contributed by atoms with E-state index >= 15 is 0 Å². The fraction of sp³-hybridized carbons (Fsp3) is 0.600. The first-order chi connectivity index (χ1) is 7.21. The molecule has 0 aliphatic heterocycles. The fourth-order valence-corrected chi connectivity index (χ4v) is 1.43. The summed E-state index contributed by atoms with van der Waals surface area (Å²) < 4.78 is 5.21. The maximum Gasteiger partial charge on any atom is 0.251 e. The number of hydrogen-bond acceptors (Lipinski definition) is 4. The second-order valence-corrected chi connectivity index (χ2v) is 3.29. The van der Waals surface area contributed by atoms with Crippen LogP contribution in [0.2, 0.25) is 0 Å². The van der Waals surface area contributed by atoms with Crippen molar-refractivity contribution in [1.82, 2.24) is 9.97 Å². The number of methoxy groups -OCH3 is 1. The highest BCUT2D eigenvalue weighted by atomic mass is 16.5. The maximum absolute atomic E-state index is 11.3. The lowest BCUT2D eigenvalue weighted by atomic mass is 10.2. The van der Waals surface area contributed by atoms with Gasteiger partial charge in [0.1, 0.15) is 11.9 Å². The fourth-order valence-electron chi connectivity index (χ4n) is 1.43. The Hall–Kier alpha value is -1.20. The van der Waals surface area contributed by atoms with Crippen LogP contribution in [0.15, 0.2) is 10.9 Å². The minimum atomic E-state index is -0.157. The molecular weight excluding hydrogens is 194 g/mol. The second-order valence-electron chi connectivity index (χ2n) is 3.29.